The number of aryl methyl sites for hydroxylation is 1. The third kappa shape index (κ3) is 3.89. The van der Waals surface area contributed by atoms with Gasteiger partial charge in [0, 0.05) is 24.8 Å². The summed E-state index contributed by atoms with van der Waals surface area (Å²) in [6.45, 7) is 5.76. The third-order valence-electron chi connectivity index (χ3n) is 2.15. The monoisotopic (exact) mass is 196 g/mol. The van der Waals surface area contributed by atoms with E-state index in [1.807, 2.05) is 10.9 Å². The van der Waals surface area contributed by atoms with Gasteiger partial charge in [0.05, 0.1) is 6.20 Å². The smallest absolute Gasteiger partial charge is 0.0534 e. The summed E-state index contributed by atoms with van der Waals surface area (Å²) in [5.74, 6) is 0. The Kier molecular flexibility index (Phi) is 5.25. The summed E-state index contributed by atoms with van der Waals surface area (Å²) in [5.41, 5.74) is 6.65. The van der Waals surface area contributed by atoms with E-state index in [1.54, 1.807) is 0 Å². The lowest BCUT2D eigenvalue weighted by Gasteiger charge is -2.01. The number of nitrogens with two attached hydrogens (primary N) is 1. The van der Waals surface area contributed by atoms with Crippen molar-refractivity contribution >= 4 is 0 Å². The maximum Gasteiger partial charge on any atom is 0.0534 e. The Hall–Kier alpha value is -0.870. The maximum absolute atomic E-state index is 5.40. The van der Waals surface area contributed by atoms with Crippen LogP contribution in [0.15, 0.2) is 12.4 Å². The highest BCUT2D eigenvalue weighted by molar-refractivity contribution is 5.02. The average molecular weight is 196 g/mol. The van der Waals surface area contributed by atoms with Crippen molar-refractivity contribution in [2.24, 2.45) is 5.73 Å². The molecule has 0 unspecified atom stereocenters. The molecule has 1 rings (SSSR count). The molecule has 1 aromatic heterocycles. The number of nitrogens with one attached hydrogen (secondary N) is 1. The molecule has 0 aliphatic rings. The predicted molar refractivity (Wildman–Crippen MR) is 57.9 cm³/mol. The van der Waals surface area contributed by atoms with Crippen LogP contribution in [-0.2, 0) is 13.1 Å². The minimum atomic E-state index is 0.787. The van der Waals surface area contributed by atoms with E-state index >= 15 is 0 Å². The largest absolute Gasteiger partial charge is 0.330 e. The van der Waals surface area contributed by atoms with Gasteiger partial charge in [-0.25, -0.2) is 0 Å². The molecule has 0 amide bonds. The number of hydrogen-bond acceptors (Lipinski definition) is 3. The van der Waals surface area contributed by atoms with Gasteiger partial charge in [0.15, 0.2) is 0 Å². The lowest BCUT2D eigenvalue weighted by molar-refractivity contribution is 0.625. The quantitative estimate of drug-likeness (QED) is 0.632. The van der Waals surface area contributed by atoms with Crippen LogP contribution in [-0.4, -0.2) is 22.9 Å². The van der Waals surface area contributed by atoms with Crippen molar-refractivity contribution in [3.63, 3.8) is 0 Å². The number of rotatable bonds is 7. The molecule has 4 nitrogen and oxygen atoms in total. The van der Waals surface area contributed by atoms with Gasteiger partial charge >= 0.3 is 0 Å². The second-order valence-electron chi connectivity index (χ2n) is 3.38. The second kappa shape index (κ2) is 6.56. The molecule has 0 aliphatic heterocycles. The molecule has 80 valence electrons. The fourth-order valence-electron chi connectivity index (χ4n) is 1.30. The Morgan fingerprint density at radius 1 is 1.50 bits per heavy atom. The highest BCUT2D eigenvalue weighted by Gasteiger charge is 1.95. The Bertz CT molecular complexity index is 244. The summed E-state index contributed by atoms with van der Waals surface area (Å²) < 4.78 is 1.94. The van der Waals surface area contributed by atoms with Gasteiger partial charge in [-0.15, -0.1) is 0 Å². The Labute approximate surface area is 85.5 Å². The summed E-state index contributed by atoms with van der Waals surface area (Å²) in [5, 5.41) is 7.57. The first-order chi connectivity index (χ1) is 6.86. The molecule has 0 radical (unpaired) electrons. The van der Waals surface area contributed by atoms with Crippen molar-refractivity contribution < 1.29 is 0 Å². The SMILES string of the molecule is CCn1cc(CNCCCCN)cn1. The van der Waals surface area contributed by atoms with Crippen molar-refractivity contribution in [1.82, 2.24) is 15.1 Å². The summed E-state index contributed by atoms with van der Waals surface area (Å²) in [6.07, 6.45) is 6.25. The van der Waals surface area contributed by atoms with Crippen molar-refractivity contribution in [3.8, 4) is 0 Å². The van der Waals surface area contributed by atoms with Gasteiger partial charge in [0.1, 0.15) is 0 Å². The number of hydrogen-bond donors (Lipinski definition) is 2. The molecule has 0 spiro atoms. The Balaban J connectivity index is 2.12. The van der Waals surface area contributed by atoms with Crippen LogP contribution in [0.2, 0.25) is 0 Å². The first-order valence-electron chi connectivity index (χ1n) is 5.29. The summed E-state index contributed by atoms with van der Waals surface area (Å²) >= 11 is 0. The molecule has 0 saturated carbocycles. The third-order valence-corrected chi connectivity index (χ3v) is 2.15. The van der Waals surface area contributed by atoms with Crippen LogP contribution in [0.1, 0.15) is 25.3 Å². The lowest BCUT2D eigenvalue weighted by atomic mass is 10.3. The van der Waals surface area contributed by atoms with E-state index in [0.717, 1.165) is 39.0 Å². The van der Waals surface area contributed by atoms with Crippen molar-refractivity contribution in [2.45, 2.75) is 32.9 Å². The van der Waals surface area contributed by atoms with Crippen LogP contribution < -0.4 is 11.1 Å². The van der Waals surface area contributed by atoms with E-state index in [0.29, 0.717) is 0 Å². The van der Waals surface area contributed by atoms with Gasteiger partial charge in [-0.2, -0.15) is 5.10 Å². The average Bonchev–Trinajstić information content (AvgIpc) is 2.65. The zero-order valence-corrected chi connectivity index (χ0v) is 8.87. The first-order valence-corrected chi connectivity index (χ1v) is 5.29. The van der Waals surface area contributed by atoms with E-state index in [1.165, 1.54) is 5.56 Å². The van der Waals surface area contributed by atoms with Gasteiger partial charge < -0.3 is 11.1 Å². The van der Waals surface area contributed by atoms with Crippen LogP contribution >= 0.6 is 0 Å². The lowest BCUT2D eigenvalue weighted by Crippen LogP contribution is -2.15. The van der Waals surface area contributed by atoms with E-state index in [9.17, 15) is 0 Å². The standard InChI is InChI=1S/C10H20N4/c1-2-14-9-10(8-13-14)7-12-6-4-3-5-11/h8-9,12H,2-7,11H2,1H3. The number of aromatic nitrogens is 2. The maximum atomic E-state index is 5.40. The molecule has 1 heterocycles. The molecule has 0 aliphatic carbocycles. The Morgan fingerprint density at radius 3 is 3.00 bits per heavy atom. The van der Waals surface area contributed by atoms with E-state index in [-0.39, 0.29) is 0 Å². The van der Waals surface area contributed by atoms with Crippen LogP contribution in [0.3, 0.4) is 0 Å². The topological polar surface area (TPSA) is 55.9 Å². The van der Waals surface area contributed by atoms with Crippen LogP contribution in [0, 0.1) is 0 Å². The minimum Gasteiger partial charge on any atom is -0.330 e. The fourth-order valence-corrected chi connectivity index (χ4v) is 1.30. The Morgan fingerprint density at radius 2 is 2.36 bits per heavy atom. The zero-order chi connectivity index (χ0) is 10.2. The van der Waals surface area contributed by atoms with Crippen molar-refractivity contribution in [1.29, 1.82) is 0 Å². The van der Waals surface area contributed by atoms with Crippen molar-refractivity contribution in [2.75, 3.05) is 13.1 Å². The van der Waals surface area contributed by atoms with Gasteiger partial charge in [-0.05, 0) is 32.9 Å². The van der Waals surface area contributed by atoms with E-state index in [4.69, 9.17) is 5.73 Å². The number of nitrogens with zero attached hydrogens (tertiary/aromatic N) is 2. The summed E-state index contributed by atoms with van der Waals surface area (Å²) in [7, 11) is 0. The highest BCUT2D eigenvalue weighted by Crippen LogP contribution is 1.96. The molecule has 0 bridgehead atoms. The zero-order valence-electron chi connectivity index (χ0n) is 8.87. The van der Waals surface area contributed by atoms with Crippen LogP contribution in [0.4, 0.5) is 0 Å². The van der Waals surface area contributed by atoms with E-state index in [2.05, 4.69) is 23.5 Å². The molecule has 0 aromatic carbocycles. The molecule has 0 saturated heterocycles. The van der Waals surface area contributed by atoms with Crippen LogP contribution in [0.25, 0.3) is 0 Å². The molecule has 4 heteroatoms. The second-order valence-corrected chi connectivity index (χ2v) is 3.38. The molecule has 3 N–H and O–H groups in total. The molecule has 14 heavy (non-hydrogen) atoms. The van der Waals surface area contributed by atoms with Gasteiger partial charge in [0.25, 0.3) is 0 Å². The molecule has 1 aromatic rings. The van der Waals surface area contributed by atoms with Gasteiger partial charge in [-0.1, -0.05) is 0 Å². The fraction of sp³-hybridized carbons (Fsp3) is 0.700. The minimum absolute atomic E-state index is 0.787. The molecular formula is C10H20N4. The first kappa shape index (κ1) is 11.2. The highest BCUT2D eigenvalue weighted by atomic mass is 15.3. The summed E-state index contributed by atoms with van der Waals surface area (Å²) in [6, 6.07) is 0. The van der Waals surface area contributed by atoms with Crippen LogP contribution in [0.5, 0.6) is 0 Å². The molecular weight excluding hydrogens is 176 g/mol. The van der Waals surface area contributed by atoms with Gasteiger partial charge in [-0.3, -0.25) is 4.68 Å². The normalized spacial score (nSPS) is 10.7. The van der Waals surface area contributed by atoms with Gasteiger partial charge in [0.2, 0.25) is 0 Å². The predicted octanol–water partition coefficient (Wildman–Crippen LogP) is 0.731. The van der Waals surface area contributed by atoms with E-state index < -0.39 is 0 Å². The molecule has 0 atom stereocenters. The van der Waals surface area contributed by atoms with Crippen molar-refractivity contribution in [3.05, 3.63) is 18.0 Å². The number of unbranched alkanes of at least 4 members (excludes halogenated alkanes) is 1. The molecule has 0 fully saturated rings. The summed E-state index contributed by atoms with van der Waals surface area (Å²) in [4.78, 5) is 0.